The molecule has 0 aliphatic rings. The maximum Gasteiger partial charge on any atom is 0.372 e. The van der Waals surface area contributed by atoms with Gasteiger partial charge in [0.2, 0.25) is 15.8 Å². The number of aryl methyl sites for hydroxylation is 1. The first-order valence-electron chi connectivity index (χ1n) is 7.73. The van der Waals surface area contributed by atoms with Gasteiger partial charge in [0, 0.05) is 21.5 Å². The van der Waals surface area contributed by atoms with Gasteiger partial charge in [-0.3, -0.25) is 0 Å². The summed E-state index contributed by atoms with van der Waals surface area (Å²) in [5, 5.41) is 9.59. The molecular weight excluding hydrogens is 422 g/mol. The Morgan fingerprint density at radius 1 is 1.23 bits per heavy atom. The van der Waals surface area contributed by atoms with E-state index in [1.807, 2.05) is 24.3 Å². The standard InChI is InChI=1S/C18H16BrNO5S/c1-10-15-9-14(6-7-16(15)25-17(10)18(21)22)26(23,24)20-11(2)12-4-3-5-13(19)8-12/h3-9,11,20H,1-2H3,(H,21,22). The molecule has 0 aliphatic carbocycles. The first-order valence-corrected chi connectivity index (χ1v) is 10.0. The number of nitrogens with one attached hydrogen (secondary N) is 1. The molecule has 136 valence electrons. The van der Waals surface area contributed by atoms with E-state index in [9.17, 15) is 13.2 Å². The van der Waals surface area contributed by atoms with Crippen LogP contribution in [-0.2, 0) is 10.0 Å². The van der Waals surface area contributed by atoms with Gasteiger partial charge >= 0.3 is 5.97 Å². The molecule has 1 unspecified atom stereocenters. The molecule has 0 fully saturated rings. The molecule has 8 heteroatoms. The minimum atomic E-state index is -3.79. The summed E-state index contributed by atoms with van der Waals surface area (Å²) < 4.78 is 34.2. The molecule has 6 nitrogen and oxygen atoms in total. The number of hydrogen-bond acceptors (Lipinski definition) is 4. The predicted octanol–water partition coefficient (Wildman–Crippen LogP) is 4.24. The molecule has 2 N–H and O–H groups in total. The highest BCUT2D eigenvalue weighted by atomic mass is 79.9. The van der Waals surface area contributed by atoms with Crippen molar-refractivity contribution in [3.05, 3.63) is 63.8 Å². The highest BCUT2D eigenvalue weighted by Gasteiger charge is 2.22. The van der Waals surface area contributed by atoms with Crippen LogP contribution in [0.2, 0.25) is 0 Å². The van der Waals surface area contributed by atoms with Crippen molar-refractivity contribution in [1.82, 2.24) is 4.72 Å². The second kappa shape index (κ2) is 6.86. The summed E-state index contributed by atoms with van der Waals surface area (Å²) in [6.45, 7) is 3.34. The highest BCUT2D eigenvalue weighted by molar-refractivity contribution is 9.10. The summed E-state index contributed by atoms with van der Waals surface area (Å²) >= 11 is 3.37. The van der Waals surface area contributed by atoms with Gasteiger partial charge in [-0.2, -0.15) is 0 Å². The largest absolute Gasteiger partial charge is 0.475 e. The molecule has 0 saturated carbocycles. The lowest BCUT2D eigenvalue weighted by molar-refractivity contribution is 0.0664. The van der Waals surface area contributed by atoms with Crippen LogP contribution in [0.25, 0.3) is 11.0 Å². The first-order chi connectivity index (χ1) is 12.2. The third kappa shape index (κ3) is 3.53. The van der Waals surface area contributed by atoms with E-state index in [2.05, 4.69) is 20.7 Å². The van der Waals surface area contributed by atoms with Gasteiger partial charge in [-0.15, -0.1) is 0 Å². The number of carbonyl (C=O) groups is 1. The van der Waals surface area contributed by atoms with Gasteiger partial charge in [-0.05, 0) is 49.7 Å². The Labute approximate surface area is 159 Å². The maximum atomic E-state index is 12.7. The summed E-state index contributed by atoms with van der Waals surface area (Å²) in [5.74, 6) is -1.38. The summed E-state index contributed by atoms with van der Waals surface area (Å²) in [6.07, 6.45) is 0. The van der Waals surface area contributed by atoms with Crippen molar-refractivity contribution in [2.75, 3.05) is 0 Å². The van der Waals surface area contributed by atoms with E-state index in [4.69, 9.17) is 9.52 Å². The molecule has 1 atom stereocenters. The normalized spacial score (nSPS) is 13.0. The molecule has 1 aromatic heterocycles. The average molecular weight is 438 g/mol. The van der Waals surface area contributed by atoms with Gasteiger partial charge in [-0.25, -0.2) is 17.9 Å². The molecule has 0 radical (unpaired) electrons. The number of sulfonamides is 1. The summed E-state index contributed by atoms with van der Waals surface area (Å²) in [7, 11) is -3.79. The van der Waals surface area contributed by atoms with Gasteiger partial charge in [0.05, 0.1) is 4.90 Å². The van der Waals surface area contributed by atoms with Gasteiger partial charge < -0.3 is 9.52 Å². The van der Waals surface area contributed by atoms with Crippen molar-refractivity contribution in [2.24, 2.45) is 0 Å². The fraction of sp³-hybridized carbons (Fsp3) is 0.167. The zero-order valence-corrected chi connectivity index (χ0v) is 16.4. The monoisotopic (exact) mass is 437 g/mol. The molecule has 2 aromatic carbocycles. The van der Waals surface area contributed by atoms with Crippen LogP contribution in [0.5, 0.6) is 0 Å². The molecule has 0 aliphatic heterocycles. The molecule has 0 spiro atoms. The number of benzene rings is 2. The fourth-order valence-corrected chi connectivity index (χ4v) is 4.39. The molecule has 0 saturated heterocycles. The van der Waals surface area contributed by atoms with E-state index >= 15 is 0 Å². The van der Waals surface area contributed by atoms with Crippen LogP contribution in [0.1, 0.15) is 34.6 Å². The number of fused-ring (bicyclic) bond motifs is 1. The van der Waals surface area contributed by atoms with E-state index < -0.39 is 22.0 Å². The topological polar surface area (TPSA) is 96.6 Å². The Morgan fingerprint density at radius 2 is 1.96 bits per heavy atom. The minimum absolute atomic E-state index is 0.0488. The SMILES string of the molecule is Cc1c(C(=O)O)oc2ccc(S(=O)(=O)NC(C)c3cccc(Br)c3)cc12. The van der Waals surface area contributed by atoms with Crippen LogP contribution in [0.4, 0.5) is 0 Å². The van der Waals surface area contributed by atoms with E-state index in [1.165, 1.54) is 18.2 Å². The predicted molar refractivity (Wildman–Crippen MR) is 101 cm³/mol. The molecular formula is C18H16BrNO5S. The van der Waals surface area contributed by atoms with Gasteiger partial charge in [0.15, 0.2) is 0 Å². The second-order valence-electron chi connectivity index (χ2n) is 5.92. The van der Waals surface area contributed by atoms with Crippen molar-refractivity contribution < 1.29 is 22.7 Å². The number of hydrogen-bond donors (Lipinski definition) is 2. The third-order valence-corrected chi connectivity index (χ3v) is 6.12. The van der Waals surface area contributed by atoms with Crippen LogP contribution in [0.15, 0.2) is 56.2 Å². The summed E-state index contributed by atoms with van der Waals surface area (Å²) in [6, 6.07) is 11.2. The lowest BCUT2D eigenvalue weighted by Gasteiger charge is -2.15. The van der Waals surface area contributed by atoms with E-state index in [0.29, 0.717) is 16.5 Å². The number of carboxylic acids is 1. The highest BCUT2D eigenvalue weighted by Crippen LogP contribution is 2.28. The molecule has 0 amide bonds. The number of rotatable bonds is 5. The van der Waals surface area contributed by atoms with Crippen LogP contribution in [0, 0.1) is 6.92 Å². The Kier molecular flexibility index (Phi) is 4.92. The van der Waals surface area contributed by atoms with Crippen molar-refractivity contribution in [3.8, 4) is 0 Å². The lowest BCUT2D eigenvalue weighted by Crippen LogP contribution is -2.26. The number of carboxylic acid groups (broad SMARTS) is 1. The lowest BCUT2D eigenvalue weighted by atomic mass is 10.1. The fourth-order valence-electron chi connectivity index (χ4n) is 2.72. The average Bonchev–Trinajstić information content (AvgIpc) is 2.91. The van der Waals surface area contributed by atoms with Crippen molar-refractivity contribution >= 4 is 42.9 Å². The van der Waals surface area contributed by atoms with Crippen LogP contribution < -0.4 is 4.72 Å². The van der Waals surface area contributed by atoms with Crippen molar-refractivity contribution in [1.29, 1.82) is 0 Å². The number of aromatic carboxylic acids is 1. The van der Waals surface area contributed by atoms with Crippen LogP contribution >= 0.6 is 15.9 Å². The molecule has 1 heterocycles. The Balaban J connectivity index is 1.96. The minimum Gasteiger partial charge on any atom is -0.475 e. The maximum absolute atomic E-state index is 12.7. The Bertz CT molecular complexity index is 1100. The Hall–Kier alpha value is -2.16. The van der Waals surface area contributed by atoms with E-state index in [1.54, 1.807) is 13.8 Å². The van der Waals surface area contributed by atoms with Crippen LogP contribution in [0.3, 0.4) is 0 Å². The Morgan fingerprint density at radius 3 is 2.62 bits per heavy atom. The number of halogens is 1. The van der Waals surface area contributed by atoms with Gasteiger partial charge in [0.1, 0.15) is 5.58 Å². The third-order valence-electron chi connectivity index (χ3n) is 4.09. The quantitative estimate of drug-likeness (QED) is 0.621. The molecule has 3 rings (SSSR count). The van der Waals surface area contributed by atoms with Crippen LogP contribution in [-0.4, -0.2) is 19.5 Å². The first kappa shape index (κ1) is 18.6. The van der Waals surface area contributed by atoms with Crippen molar-refractivity contribution in [2.45, 2.75) is 24.8 Å². The summed E-state index contributed by atoms with van der Waals surface area (Å²) in [4.78, 5) is 11.2. The van der Waals surface area contributed by atoms with Gasteiger partial charge in [0.25, 0.3) is 0 Å². The zero-order chi connectivity index (χ0) is 19.1. The van der Waals surface area contributed by atoms with Crippen molar-refractivity contribution in [3.63, 3.8) is 0 Å². The van der Waals surface area contributed by atoms with E-state index in [-0.39, 0.29) is 10.7 Å². The van der Waals surface area contributed by atoms with E-state index in [0.717, 1.165) is 10.0 Å². The number of furan rings is 1. The zero-order valence-electron chi connectivity index (χ0n) is 14.0. The molecule has 0 bridgehead atoms. The summed E-state index contributed by atoms with van der Waals surface area (Å²) in [5.41, 5.74) is 1.54. The molecule has 26 heavy (non-hydrogen) atoms. The smallest absolute Gasteiger partial charge is 0.372 e. The second-order valence-corrected chi connectivity index (χ2v) is 8.55. The van der Waals surface area contributed by atoms with Gasteiger partial charge in [-0.1, -0.05) is 28.1 Å². The molecule has 3 aromatic rings.